The van der Waals surface area contributed by atoms with Crippen LogP contribution in [0.4, 0.5) is 0 Å². The summed E-state index contributed by atoms with van der Waals surface area (Å²) >= 11 is 0. The molecule has 0 aromatic carbocycles. The van der Waals surface area contributed by atoms with Crippen LogP contribution in [0, 0.1) is 0 Å². The van der Waals surface area contributed by atoms with Crippen molar-refractivity contribution in [1.82, 2.24) is 0 Å². The molecule has 8 heavy (non-hydrogen) atoms. The molecule has 0 bridgehead atoms. The van der Waals surface area contributed by atoms with Crippen LogP contribution in [0.2, 0.25) is 0 Å². The van der Waals surface area contributed by atoms with E-state index in [-0.39, 0.29) is 110 Å². The van der Waals surface area contributed by atoms with Crippen LogP contribution in [0.5, 0.6) is 0 Å². The van der Waals surface area contributed by atoms with E-state index in [1.807, 2.05) is 0 Å². The fourth-order valence-corrected chi connectivity index (χ4v) is 0. The summed E-state index contributed by atoms with van der Waals surface area (Å²) < 4.78 is 0. The zero-order chi connectivity index (χ0) is 0. The van der Waals surface area contributed by atoms with Crippen LogP contribution < -0.4 is 0 Å². The maximum atomic E-state index is 0. The van der Waals surface area contributed by atoms with Crippen molar-refractivity contribution in [1.29, 1.82) is 0 Å². The molecule has 0 aliphatic heterocycles. The molecule has 0 aromatic heterocycles. The van der Waals surface area contributed by atoms with Gasteiger partial charge in [-0.1, -0.05) is 0 Å². The molecule has 0 heterocycles. The monoisotopic (exact) mass is 396 g/mol. The largest absolute Gasteiger partial charge is 3.00 e. The average molecular weight is 396 g/mol. The Balaban J connectivity index is 0. The molecular weight excluding hydrogens is 396 g/mol. The topological polar surface area (TPSA) is 0 Å². The first kappa shape index (κ1) is 93.2. The van der Waals surface area contributed by atoms with Gasteiger partial charge < -0.3 is 39.6 Å². The SMILES string of the molecule is [Mo].[Ni+2].[Ni+2].[Ni+2].[P-3].[P-3].[P-3].[P-3]. The molecule has 0 saturated heterocycles. The molecule has 8 heteroatoms. The van der Waals surface area contributed by atoms with Gasteiger partial charge >= 0.3 is 49.5 Å². The van der Waals surface area contributed by atoms with E-state index in [2.05, 4.69) is 0 Å². The first-order valence-corrected chi connectivity index (χ1v) is 0. The van der Waals surface area contributed by atoms with E-state index in [1.54, 1.807) is 0 Å². The Morgan fingerprint density at radius 2 is 0.375 bits per heavy atom. The van der Waals surface area contributed by atoms with Crippen LogP contribution in [0.15, 0.2) is 0 Å². The number of hydrogen-bond acceptors (Lipinski definition) is 0. The van der Waals surface area contributed by atoms with Gasteiger partial charge in [-0.15, -0.1) is 0 Å². The molecule has 0 N–H and O–H groups in total. The van der Waals surface area contributed by atoms with Crippen molar-refractivity contribution in [2.75, 3.05) is 0 Å². The minimum atomic E-state index is 0. The van der Waals surface area contributed by atoms with Gasteiger partial charge in [0.2, 0.25) is 0 Å². The van der Waals surface area contributed by atoms with Gasteiger partial charge in [0.15, 0.2) is 0 Å². The predicted molar refractivity (Wildman–Crippen MR) is 27.7 cm³/mol. The van der Waals surface area contributed by atoms with Gasteiger partial charge in [0, 0.05) is 21.1 Å². The quantitative estimate of drug-likeness (QED) is 0.435. The summed E-state index contributed by atoms with van der Waals surface area (Å²) in [5.41, 5.74) is 0. The third-order valence-corrected chi connectivity index (χ3v) is 0. The fraction of sp³-hybridized carbons (Fsp3) is 0. The molecule has 0 saturated carbocycles. The van der Waals surface area contributed by atoms with Crippen LogP contribution in [-0.2, 0) is 70.5 Å². The van der Waals surface area contributed by atoms with E-state index in [0.29, 0.717) is 0 Å². The van der Waals surface area contributed by atoms with Crippen LogP contribution in [-0.4, -0.2) is 0 Å². The second kappa shape index (κ2) is 70.4. The Labute approximate surface area is 109 Å². The van der Waals surface area contributed by atoms with Gasteiger partial charge in [-0.3, -0.25) is 0 Å². The molecule has 62 valence electrons. The molecule has 0 spiro atoms. The van der Waals surface area contributed by atoms with Crippen LogP contribution in [0.25, 0.3) is 0 Å². The zero-order valence-electron chi connectivity index (χ0n) is 3.15. The third kappa shape index (κ3) is 51.7. The molecule has 0 aliphatic carbocycles. The van der Waals surface area contributed by atoms with Crippen molar-refractivity contribution in [3.8, 4) is 0 Å². The van der Waals surface area contributed by atoms with E-state index in [4.69, 9.17) is 0 Å². The number of hydrogen-bond donors (Lipinski definition) is 0. The van der Waals surface area contributed by atoms with Gasteiger partial charge in [-0.25, -0.2) is 0 Å². The molecule has 0 aliphatic rings. The van der Waals surface area contributed by atoms with Crippen LogP contribution in [0.3, 0.4) is 0 Å². The summed E-state index contributed by atoms with van der Waals surface area (Å²) in [5.74, 6) is 0. The summed E-state index contributed by atoms with van der Waals surface area (Å²) in [4.78, 5) is 0. The summed E-state index contributed by atoms with van der Waals surface area (Å²) in [7, 11) is 0. The standard InChI is InChI=1S/Mo.3Ni.4P/q;3*+2;4*-3. The van der Waals surface area contributed by atoms with Crippen molar-refractivity contribution < 1.29 is 70.5 Å². The summed E-state index contributed by atoms with van der Waals surface area (Å²) in [5, 5.41) is 0. The smallest absolute Gasteiger partial charge is 2.00 e. The van der Waals surface area contributed by atoms with Crippen molar-refractivity contribution in [3.05, 3.63) is 0 Å². The first-order valence-electron chi connectivity index (χ1n) is 0. The van der Waals surface area contributed by atoms with Crippen molar-refractivity contribution in [2.45, 2.75) is 0 Å². The van der Waals surface area contributed by atoms with E-state index in [0.717, 1.165) is 0 Å². The Bertz CT molecular complexity index is 11.2. The maximum absolute atomic E-state index is 0. The minimum absolute atomic E-state index is 0. The Morgan fingerprint density at radius 3 is 0.375 bits per heavy atom. The Kier molecular flexibility index (Phi) is 820. The van der Waals surface area contributed by atoms with Gasteiger partial charge in [-0.2, -0.15) is 0 Å². The molecule has 0 rings (SSSR count). The normalized spacial score (nSPS) is 0. The van der Waals surface area contributed by atoms with Crippen LogP contribution in [0.1, 0.15) is 0 Å². The van der Waals surface area contributed by atoms with Gasteiger partial charge in [0.25, 0.3) is 0 Å². The second-order valence-electron chi connectivity index (χ2n) is 0. The van der Waals surface area contributed by atoms with E-state index in [9.17, 15) is 0 Å². The molecule has 0 nitrogen and oxygen atoms in total. The predicted octanol–water partition coefficient (Wildman–Crippen LogP) is 3.43. The van der Waals surface area contributed by atoms with Crippen molar-refractivity contribution >= 4 is 39.6 Å². The van der Waals surface area contributed by atoms with Crippen molar-refractivity contribution in [3.63, 3.8) is 0 Å². The summed E-state index contributed by atoms with van der Waals surface area (Å²) in [6.45, 7) is 0. The Morgan fingerprint density at radius 1 is 0.375 bits per heavy atom. The van der Waals surface area contributed by atoms with E-state index in [1.165, 1.54) is 0 Å². The minimum Gasteiger partial charge on any atom is -3.00 e. The van der Waals surface area contributed by atoms with Crippen LogP contribution >= 0.6 is 39.6 Å². The van der Waals surface area contributed by atoms with Gasteiger partial charge in [0.05, 0.1) is 0 Å². The fourth-order valence-electron chi connectivity index (χ4n) is 0. The van der Waals surface area contributed by atoms with Gasteiger partial charge in [0.1, 0.15) is 0 Å². The molecule has 0 radical (unpaired) electrons. The van der Waals surface area contributed by atoms with Crippen molar-refractivity contribution in [2.24, 2.45) is 0 Å². The molecule has 0 atom stereocenters. The summed E-state index contributed by atoms with van der Waals surface area (Å²) in [6, 6.07) is 0. The molecule has 0 amide bonds. The zero-order valence-corrected chi connectivity index (χ0v) is 11.7. The third-order valence-electron chi connectivity index (χ3n) is 0. The molecule has 0 aromatic rings. The summed E-state index contributed by atoms with van der Waals surface area (Å²) in [6.07, 6.45) is 0. The van der Waals surface area contributed by atoms with E-state index < -0.39 is 0 Å². The average Bonchev–Trinajstić information content (AvgIpc) is 0. The molecular formula is MoNi3P4-6. The van der Waals surface area contributed by atoms with E-state index >= 15 is 0 Å². The van der Waals surface area contributed by atoms with Gasteiger partial charge in [-0.05, 0) is 0 Å². The molecule has 0 fully saturated rings. The number of rotatable bonds is 0. The first-order chi connectivity index (χ1) is 0. The molecule has 0 unspecified atom stereocenters. The second-order valence-corrected chi connectivity index (χ2v) is 0. The maximum Gasteiger partial charge on any atom is 2.00 e. The Hall–Kier alpha value is 3.89.